The maximum atomic E-state index is 5.75. The zero-order valence-electron chi connectivity index (χ0n) is 11.4. The molecule has 0 fully saturated rings. The summed E-state index contributed by atoms with van der Waals surface area (Å²) in [7, 11) is 0. The Balaban J connectivity index is 2.22. The van der Waals surface area contributed by atoms with Crippen molar-refractivity contribution in [2.75, 3.05) is 18.5 Å². The molecule has 0 aliphatic rings. The van der Waals surface area contributed by atoms with E-state index in [1.54, 1.807) is 12.3 Å². The van der Waals surface area contributed by atoms with Crippen molar-refractivity contribution in [3.63, 3.8) is 0 Å². The van der Waals surface area contributed by atoms with Crippen LogP contribution in [0.15, 0.2) is 30.5 Å². The minimum absolute atomic E-state index is 0.200. The van der Waals surface area contributed by atoms with Gasteiger partial charge in [-0.3, -0.25) is 0 Å². The van der Waals surface area contributed by atoms with Crippen LogP contribution in [0.5, 0.6) is 11.5 Å². The van der Waals surface area contributed by atoms with Crippen LogP contribution in [0.2, 0.25) is 5.28 Å². The van der Waals surface area contributed by atoms with Crippen LogP contribution in [-0.2, 0) is 0 Å². The zero-order valence-corrected chi connectivity index (χ0v) is 12.1. The van der Waals surface area contributed by atoms with E-state index in [0.29, 0.717) is 24.8 Å². The summed E-state index contributed by atoms with van der Waals surface area (Å²) >= 11 is 5.75. The van der Waals surface area contributed by atoms with Crippen LogP contribution in [-0.4, -0.2) is 23.2 Å². The number of benzene rings is 1. The molecule has 0 bridgehead atoms. The van der Waals surface area contributed by atoms with Crippen molar-refractivity contribution in [2.45, 2.75) is 13.8 Å². The van der Waals surface area contributed by atoms with E-state index >= 15 is 0 Å². The quantitative estimate of drug-likeness (QED) is 0.824. The van der Waals surface area contributed by atoms with Gasteiger partial charge in [0.15, 0.2) is 11.5 Å². The molecular formula is C14H16ClN3O2. The first-order valence-corrected chi connectivity index (χ1v) is 6.76. The summed E-state index contributed by atoms with van der Waals surface area (Å²) in [4.78, 5) is 7.91. The number of aromatic nitrogens is 2. The Kier molecular flexibility index (Phi) is 5.01. The average molecular weight is 294 g/mol. The van der Waals surface area contributed by atoms with Crippen LogP contribution in [0.3, 0.4) is 0 Å². The van der Waals surface area contributed by atoms with Gasteiger partial charge in [-0.05, 0) is 43.6 Å². The number of nitrogens with zero attached hydrogens (tertiary/aromatic N) is 2. The molecule has 2 aromatic rings. The molecule has 1 heterocycles. The number of hydrogen-bond donors (Lipinski definition) is 1. The standard InChI is InChI=1S/C14H16ClN3O2/c1-3-19-11-6-5-10(9-12(11)20-4-2)17-13-7-8-16-14(15)18-13/h5-9H,3-4H2,1-2H3,(H,16,17,18). The molecule has 20 heavy (non-hydrogen) atoms. The average Bonchev–Trinajstić information content (AvgIpc) is 2.42. The largest absolute Gasteiger partial charge is 0.490 e. The topological polar surface area (TPSA) is 56.3 Å². The van der Waals surface area contributed by atoms with Crippen molar-refractivity contribution in [3.05, 3.63) is 35.7 Å². The molecule has 0 spiro atoms. The van der Waals surface area contributed by atoms with Gasteiger partial charge in [-0.2, -0.15) is 0 Å². The minimum atomic E-state index is 0.200. The van der Waals surface area contributed by atoms with E-state index in [0.717, 1.165) is 11.4 Å². The van der Waals surface area contributed by atoms with Gasteiger partial charge in [-0.15, -0.1) is 0 Å². The first-order valence-electron chi connectivity index (χ1n) is 6.38. The molecule has 0 saturated carbocycles. The third-order valence-electron chi connectivity index (χ3n) is 2.44. The highest BCUT2D eigenvalue weighted by atomic mass is 35.5. The Morgan fingerprint density at radius 1 is 1.10 bits per heavy atom. The van der Waals surface area contributed by atoms with E-state index in [1.165, 1.54) is 0 Å². The van der Waals surface area contributed by atoms with Crippen LogP contribution in [0, 0.1) is 0 Å². The smallest absolute Gasteiger partial charge is 0.224 e. The highest BCUT2D eigenvalue weighted by Gasteiger charge is 2.07. The summed E-state index contributed by atoms with van der Waals surface area (Å²) in [6, 6.07) is 7.36. The molecule has 0 amide bonds. The second-order valence-corrected chi connectivity index (χ2v) is 4.20. The highest BCUT2D eigenvalue weighted by Crippen LogP contribution is 2.31. The summed E-state index contributed by atoms with van der Waals surface area (Å²) in [6.07, 6.45) is 1.59. The summed E-state index contributed by atoms with van der Waals surface area (Å²) in [5, 5.41) is 3.34. The van der Waals surface area contributed by atoms with E-state index in [2.05, 4.69) is 15.3 Å². The molecule has 2 rings (SSSR count). The number of halogens is 1. The molecule has 0 atom stereocenters. The van der Waals surface area contributed by atoms with Crippen LogP contribution in [0.25, 0.3) is 0 Å². The van der Waals surface area contributed by atoms with Crippen LogP contribution in [0.4, 0.5) is 11.5 Å². The number of nitrogens with one attached hydrogen (secondary N) is 1. The second kappa shape index (κ2) is 6.96. The third-order valence-corrected chi connectivity index (χ3v) is 2.62. The van der Waals surface area contributed by atoms with E-state index in [1.807, 2.05) is 32.0 Å². The summed E-state index contributed by atoms with van der Waals surface area (Å²) < 4.78 is 11.1. The lowest BCUT2D eigenvalue weighted by molar-refractivity contribution is 0.288. The fourth-order valence-corrected chi connectivity index (χ4v) is 1.83. The van der Waals surface area contributed by atoms with Crippen LogP contribution < -0.4 is 14.8 Å². The molecule has 1 aromatic carbocycles. The first-order chi connectivity index (χ1) is 9.72. The summed E-state index contributed by atoms with van der Waals surface area (Å²) in [5.41, 5.74) is 0.840. The van der Waals surface area contributed by atoms with Crippen LogP contribution in [0.1, 0.15) is 13.8 Å². The van der Waals surface area contributed by atoms with Crippen LogP contribution >= 0.6 is 11.6 Å². The molecule has 106 valence electrons. The summed E-state index contributed by atoms with van der Waals surface area (Å²) in [5.74, 6) is 2.04. The predicted molar refractivity (Wildman–Crippen MR) is 79.1 cm³/mol. The fourth-order valence-electron chi connectivity index (χ4n) is 1.68. The number of anilines is 2. The molecule has 0 aliphatic heterocycles. The van der Waals surface area contributed by atoms with E-state index < -0.39 is 0 Å². The van der Waals surface area contributed by atoms with Crippen molar-refractivity contribution in [1.82, 2.24) is 9.97 Å². The van der Waals surface area contributed by atoms with Crippen molar-refractivity contribution >= 4 is 23.1 Å². The molecule has 5 nitrogen and oxygen atoms in total. The molecule has 6 heteroatoms. The Hall–Kier alpha value is -2.01. The molecule has 0 saturated heterocycles. The third kappa shape index (κ3) is 3.74. The van der Waals surface area contributed by atoms with Gasteiger partial charge in [0.2, 0.25) is 5.28 Å². The molecule has 0 unspecified atom stereocenters. The summed E-state index contributed by atoms with van der Waals surface area (Å²) in [6.45, 7) is 5.03. The molecular weight excluding hydrogens is 278 g/mol. The van der Waals surface area contributed by atoms with E-state index in [9.17, 15) is 0 Å². The Labute approximate surface area is 122 Å². The second-order valence-electron chi connectivity index (χ2n) is 3.86. The zero-order chi connectivity index (χ0) is 14.4. The van der Waals surface area contributed by atoms with Crippen molar-refractivity contribution in [1.29, 1.82) is 0 Å². The molecule has 1 aromatic heterocycles. The van der Waals surface area contributed by atoms with Gasteiger partial charge in [-0.1, -0.05) is 0 Å². The van der Waals surface area contributed by atoms with Gasteiger partial charge in [0.1, 0.15) is 5.82 Å². The Morgan fingerprint density at radius 2 is 1.85 bits per heavy atom. The van der Waals surface area contributed by atoms with Gasteiger partial charge in [0.25, 0.3) is 0 Å². The Bertz CT molecular complexity index is 578. The highest BCUT2D eigenvalue weighted by molar-refractivity contribution is 6.28. The maximum absolute atomic E-state index is 5.75. The predicted octanol–water partition coefficient (Wildman–Crippen LogP) is 3.67. The monoisotopic (exact) mass is 293 g/mol. The number of hydrogen-bond acceptors (Lipinski definition) is 5. The minimum Gasteiger partial charge on any atom is -0.490 e. The number of ether oxygens (including phenoxy) is 2. The SMILES string of the molecule is CCOc1ccc(Nc2ccnc(Cl)n2)cc1OCC. The maximum Gasteiger partial charge on any atom is 0.224 e. The number of rotatable bonds is 6. The molecule has 0 aliphatic carbocycles. The molecule has 1 N–H and O–H groups in total. The molecule has 0 radical (unpaired) electrons. The van der Waals surface area contributed by atoms with Crippen molar-refractivity contribution in [2.24, 2.45) is 0 Å². The van der Waals surface area contributed by atoms with E-state index in [4.69, 9.17) is 21.1 Å². The lowest BCUT2D eigenvalue weighted by atomic mass is 10.2. The lowest BCUT2D eigenvalue weighted by Gasteiger charge is -2.13. The van der Waals surface area contributed by atoms with Gasteiger partial charge >= 0.3 is 0 Å². The van der Waals surface area contributed by atoms with Gasteiger partial charge in [-0.25, -0.2) is 9.97 Å². The van der Waals surface area contributed by atoms with E-state index in [-0.39, 0.29) is 5.28 Å². The lowest BCUT2D eigenvalue weighted by Crippen LogP contribution is -2.00. The van der Waals surface area contributed by atoms with Gasteiger partial charge in [0, 0.05) is 18.0 Å². The Morgan fingerprint density at radius 3 is 2.55 bits per heavy atom. The van der Waals surface area contributed by atoms with Gasteiger partial charge < -0.3 is 14.8 Å². The first kappa shape index (κ1) is 14.4. The van der Waals surface area contributed by atoms with Crippen molar-refractivity contribution in [3.8, 4) is 11.5 Å². The normalized spacial score (nSPS) is 10.2. The fraction of sp³-hybridized carbons (Fsp3) is 0.286. The van der Waals surface area contributed by atoms with Gasteiger partial charge in [0.05, 0.1) is 13.2 Å². The van der Waals surface area contributed by atoms with Crippen molar-refractivity contribution < 1.29 is 9.47 Å².